The Balaban J connectivity index is 1.48. The molecule has 4 rings (SSSR count). The van der Waals surface area contributed by atoms with E-state index in [1.54, 1.807) is 41.5 Å². The van der Waals surface area contributed by atoms with Crippen LogP contribution in [-0.4, -0.2) is 38.3 Å². The zero-order chi connectivity index (χ0) is 19.0. The number of hydrogen-bond donors (Lipinski definition) is 1. The van der Waals surface area contributed by atoms with Crippen molar-refractivity contribution < 1.29 is 14.0 Å². The van der Waals surface area contributed by atoms with E-state index in [9.17, 15) is 14.4 Å². The number of aromatic nitrogens is 3. The lowest BCUT2D eigenvalue weighted by Gasteiger charge is -2.15. The topological polar surface area (TPSA) is 110 Å². The van der Waals surface area contributed by atoms with Gasteiger partial charge in [0.15, 0.2) is 0 Å². The van der Waals surface area contributed by atoms with Gasteiger partial charge in [0.2, 0.25) is 11.8 Å². The van der Waals surface area contributed by atoms with Crippen LogP contribution in [0.25, 0.3) is 10.9 Å². The summed E-state index contributed by atoms with van der Waals surface area (Å²) in [6.45, 7) is 0.673. The number of benzene rings is 1. The van der Waals surface area contributed by atoms with E-state index in [0.29, 0.717) is 35.4 Å². The number of nitrogens with zero attached hydrogens (tertiary/aromatic N) is 4. The molecule has 0 spiro atoms. The van der Waals surface area contributed by atoms with Gasteiger partial charge in [-0.05, 0) is 30.3 Å². The van der Waals surface area contributed by atoms with Crippen molar-refractivity contribution in [1.82, 2.24) is 19.9 Å². The van der Waals surface area contributed by atoms with E-state index < -0.39 is 5.92 Å². The van der Waals surface area contributed by atoms with Crippen LogP contribution in [0.15, 0.2) is 45.8 Å². The average Bonchev–Trinajstić information content (AvgIpc) is 3.29. The van der Waals surface area contributed by atoms with Gasteiger partial charge in [0.25, 0.3) is 5.56 Å². The maximum absolute atomic E-state index is 12.6. The molecule has 1 N–H and O–H groups in total. The second-order valence-corrected chi connectivity index (χ2v) is 6.49. The first kappa shape index (κ1) is 17.0. The highest BCUT2D eigenvalue weighted by Gasteiger charge is 2.34. The molecule has 138 valence electrons. The van der Waals surface area contributed by atoms with Crippen molar-refractivity contribution >= 4 is 28.4 Å². The highest BCUT2D eigenvalue weighted by molar-refractivity contribution is 5.98. The molecule has 2 amide bonds. The smallest absolute Gasteiger partial charge is 0.277 e. The van der Waals surface area contributed by atoms with Crippen molar-refractivity contribution in [3.63, 3.8) is 0 Å². The fourth-order valence-corrected chi connectivity index (χ4v) is 3.14. The van der Waals surface area contributed by atoms with Crippen LogP contribution in [0, 0.1) is 5.92 Å². The number of hydrogen-bond acceptors (Lipinski definition) is 6. The first-order chi connectivity index (χ1) is 13.0. The molecular weight excluding hydrogens is 350 g/mol. The maximum atomic E-state index is 12.6. The summed E-state index contributed by atoms with van der Waals surface area (Å²) >= 11 is 0. The summed E-state index contributed by atoms with van der Waals surface area (Å²) in [4.78, 5) is 38.5. The molecule has 0 unspecified atom stereocenters. The Hall–Kier alpha value is -3.49. The van der Waals surface area contributed by atoms with Crippen molar-refractivity contribution in [3.8, 4) is 0 Å². The molecule has 3 heterocycles. The largest absolute Gasteiger partial charge is 0.467 e. The fraction of sp³-hybridized carbons (Fsp3) is 0.278. The average molecular weight is 367 g/mol. The van der Waals surface area contributed by atoms with Gasteiger partial charge < -0.3 is 14.6 Å². The second-order valence-electron chi connectivity index (χ2n) is 6.49. The zero-order valence-corrected chi connectivity index (χ0v) is 14.6. The number of fused-ring (bicyclic) bond motifs is 1. The van der Waals surface area contributed by atoms with Gasteiger partial charge in [0, 0.05) is 25.7 Å². The molecule has 0 radical (unpaired) electrons. The minimum absolute atomic E-state index is 0.0887. The van der Waals surface area contributed by atoms with Crippen LogP contribution in [0.1, 0.15) is 12.2 Å². The third-order valence-electron chi connectivity index (χ3n) is 4.59. The van der Waals surface area contributed by atoms with Gasteiger partial charge in [-0.2, -0.15) is 0 Å². The van der Waals surface area contributed by atoms with Gasteiger partial charge in [0.1, 0.15) is 11.3 Å². The highest BCUT2D eigenvalue weighted by Crippen LogP contribution is 2.22. The third-order valence-corrected chi connectivity index (χ3v) is 4.59. The van der Waals surface area contributed by atoms with E-state index in [2.05, 4.69) is 15.6 Å². The van der Waals surface area contributed by atoms with Crippen molar-refractivity contribution in [1.29, 1.82) is 0 Å². The summed E-state index contributed by atoms with van der Waals surface area (Å²) in [5, 5.41) is 10.8. The molecule has 1 aromatic carbocycles. The second kappa shape index (κ2) is 6.67. The molecule has 3 aromatic rings. The summed E-state index contributed by atoms with van der Waals surface area (Å²) in [5.41, 5.74) is 0.642. The Morgan fingerprint density at radius 1 is 1.33 bits per heavy atom. The standard InChI is InChI=1S/C18H17N5O4/c1-22-18(26)14-8-12(4-5-15(14)20-21-22)19-17(25)11-7-16(24)23(9-11)10-13-3-2-6-27-13/h2-6,8,11H,7,9-10H2,1H3,(H,19,25)/t11-/m1/s1. The van der Waals surface area contributed by atoms with E-state index >= 15 is 0 Å². The Morgan fingerprint density at radius 2 is 2.19 bits per heavy atom. The van der Waals surface area contributed by atoms with E-state index in [-0.39, 0.29) is 23.8 Å². The van der Waals surface area contributed by atoms with Crippen molar-refractivity contribution in [2.75, 3.05) is 11.9 Å². The molecule has 0 bridgehead atoms. The lowest BCUT2D eigenvalue weighted by Crippen LogP contribution is -2.28. The van der Waals surface area contributed by atoms with Crippen molar-refractivity contribution in [2.45, 2.75) is 13.0 Å². The Labute approximate surface area is 153 Å². The molecule has 9 nitrogen and oxygen atoms in total. The van der Waals surface area contributed by atoms with Crippen LogP contribution in [0.2, 0.25) is 0 Å². The highest BCUT2D eigenvalue weighted by atomic mass is 16.3. The maximum Gasteiger partial charge on any atom is 0.277 e. The summed E-state index contributed by atoms with van der Waals surface area (Å²) in [5.74, 6) is -0.130. The van der Waals surface area contributed by atoms with E-state index in [0.717, 1.165) is 4.68 Å². The monoisotopic (exact) mass is 367 g/mol. The number of furan rings is 1. The summed E-state index contributed by atoms with van der Waals surface area (Å²) < 4.78 is 6.39. The Bertz CT molecular complexity index is 1070. The Morgan fingerprint density at radius 3 is 2.96 bits per heavy atom. The fourth-order valence-electron chi connectivity index (χ4n) is 3.14. The molecule has 1 fully saturated rings. The molecule has 27 heavy (non-hydrogen) atoms. The quantitative estimate of drug-likeness (QED) is 0.734. The van der Waals surface area contributed by atoms with Gasteiger partial charge in [-0.3, -0.25) is 14.4 Å². The van der Waals surface area contributed by atoms with Crippen LogP contribution in [0.3, 0.4) is 0 Å². The Kier molecular flexibility index (Phi) is 4.19. The third kappa shape index (κ3) is 3.31. The minimum atomic E-state index is -0.457. The summed E-state index contributed by atoms with van der Waals surface area (Å²) in [6.07, 6.45) is 1.70. The number of amides is 2. The van der Waals surface area contributed by atoms with Gasteiger partial charge in [-0.25, -0.2) is 4.68 Å². The molecule has 9 heteroatoms. The first-order valence-corrected chi connectivity index (χ1v) is 8.46. The predicted molar refractivity (Wildman–Crippen MR) is 95.6 cm³/mol. The molecular formula is C18H17N5O4. The molecule has 1 aliphatic heterocycles. The molecule has 1 aliphatic rings. The van der Waals surface area contributed by atoms with E-state index in [4.69, 9.17) is 4.42 Å². The lowest BCUT2D eigenvalue weighted by molar-refractivity contribution is -0.128. The van der Waals surface area contributed by atoms with E-state index in [1.807, 2.05) is 0 Å². The van der Waals surface area contributed by atoms with Gasteiger partial charge >= 0.3 is 0 Å². The number of aryl methyl sites for hydroxylation is 1. The van der Waals surface area contributed by atoms with Gasteiger partial charge in [0.05, 0.1) is 24.1 Å². The van der Waals surface area contributed by atoms with Gasteiger partial charge in [-0.15, -0.1) is 5.10 Å². The summed E-state index contributed by atoms with van der Waals surface area (Å²) in [7, 11) is 1.51. The normalized spacial score (nSPS) is 16.9. The number of rotatable bonds is 4. The van der Waals surface area contributed by atoms with Crippen molar-refractivity contribution in [2.24, 2.45) is 13.0 Å². The lowest BCUT2D eigenvalue weighted by atomic mass is 10.1. The molecule has 2 aromatic heterocycles. The van der Waals surface area contributed by atoms with Gasteiger partial charge in [-0.1, -0.05) is 5.21 Å². The molecule has 1 atom stereocenters. The predicted octanol–water partition coefficient (Wildman–Crippen LogP) is 0.909. The molecule has 0 saturated carbocycles. The van der Waals surface area contributed by atoms with Crippen LogP contribution in [0.4, 0.5) is 5.69 Å². The summed E-state index contributed by atoms with van der Waals surface area (Å²) in [6, 6.07) is 8.41. The van der Waals surface area contributed by atoms with Crippen LogP contribution in [0.5, 0.6) is 0 Å². The van der Waals surface area contributed by atoms with E-state index in [1.165, 1.54) is 7.05 Å². The SMILES string of the molecule is Cn1nnc2ccc(NC(=O)[C@@H]3CC(=O)N(Cc4ccco4)C3)cc2c1=O. The number of anilines is 1. The number of carbonyl (C=O) groups is 2. The van der Waals surface area contributed by atoms with Crippen LogP contribution >= 0.6 is 0 Å². The zero-order valence-electron chi connectivity index (χ0n) is 14.6. The minimum Gasteiger partial charge on any atom is -0.467 e. The van der Waals surface area contributed by atoms with Crippen molar-refractivity contribution in [3.05, 3.63) is 52.7 Å². The van der Waals surface area contributed by atoms with Crippen LogP contribution in [-0.2, 0) is 23.2 Å². The molecule has 0 aliphatic carbocycles. The number of carbonyl (C=O) groups excluding carboxylic acids is 2. The number of likely N-dealkylation sites (tertiary alicyclic amines) is 1. The molecule has 1 saturated heterocycles. The van der Waals surface area contributed by atoms with Crippen LogP contribution < -0.4 is 10.9 Å². The first-order valence-electron chi connectivity index (χ1n) is 8.46. The number of nitrogens with one attached hydrogen (secondary N) is 1.